The molecule has 0 rings (SSSR count). The van der Waals surface area contributed by atoms with Crippen molar-refractivity contribution in [1.29, 1.82) is 0 Å². The van der Waals surface area contributed by atoms with Crippen LogP contribution in [-0.4, -0.2) is 23.2 Å². The minimum Gasteiger partial charge on any atom is -0.391 e. The van der Waals surface area contributed by atoms with Gasteiger partial charge in [0, 0.05) is 6.04 Å². The van der Waals surface area contributed by atoms with Crippen LogP contribution in [0.4, 0.5) is 0 Å². The first kappa shape index (κ1) is 11.4. The van der Waals surface area contributed by atoms with Crippen LogP contribution in [0.15, 0.2) is 0 Å². The van der Waals surface area contributed by atoms with E-state index in [2.05, 4.69) is 0 Å². The number of aliphatic hydroxyl groups excluding tert-OH is 1. The lowest BCUT2D eigenvalue weighted by atomic mass is 9.98. The summed E-state index contributed by atoms with van der Waals surface area (Å²) in [4.78, 5) is 10.4. The summed E-state index contributed by atoms with van der Waals surface area (Å²) in [5.41, 5.74) is 10.5. The predicted molar refractivity (Wildman–Crippen MR) is 47.2 cm³/mol. The molecule has 0 bridgehead atoms. The molecule has 0 radical (unpaired) electrons. The zero-order valence-corrected chi connectivity index (χ0v) is 7.66. The number of aliphatic hydroxyl groups is 1. The van der Waals surface area contributed by atoms with Gasteiger partial charge in [0.05, 0.1) is 12.5 Å². The number of nitrogens with two attached hydrogens (primary N) is 2. The smallest absolute Gasteiger partial charge is 0.220 e. The van der Waals surface area contributed by atoms with Crippen LogP contribution >= 0.6 is 0 Å². The molecular formula is C8H18N2O2. The van der Waals surface area contributed by atoms with Crippen LogP contribution in [-0.2, 0) is 4.79 Å². The number of amides is 1. The number of primary amides is 1. The van der Waals surface area contributed by atoms with Crippen LogP contribution < -0.4 is 11.5 Å². The summed E-state index contributed by atoms with van der Waals surface area (Å²) in [6, 6.07) is -0.350. The van der Waals surface area contributed by atoms with Gasteiger partial charge in [-0.1, -0.05) is 13.8 Å². The van der Waals surface area contributed by atoms with E-state index in [4.69, 9.17) is 11.5 Å². The predicted octanol–water partition coefficient (Wildman–Crippen LogP) is -0.404. The first-order valence-corrected chi connectivity index (χ1v) is 4.15. The Kier molecular flexibility index (Phi) is 4.85. The van der Waals surface area contributed by atoms with E-state index in [1.165, 1.54) is 0 Å². The van der Waals surface area contributed by atoms with Crippen molar-refractivity contribution in [3.05, 3.63) is 0 Å². The number of hydrogen-bond acceptors (Lipinski definition) is 3. The molecule has 0 saturated carbocycles. The van der Waals surface area contributed by atoms with E-state index in [1.54, 1.807) is 0 Å². The third-order valence-electron chi connectivity index (χ3n) is 1.65. The molecule has 0 saturated heterocycles. The molecule has 5 N–H and O–H groups in total. The van der Waals surface area contributed by atoms with E-state index in [0.717, 1.165) is 0 Å². The molecule has 0 heterocycles. The molecule has 0 unspecified atom stereocenters. The van der Waals surface area contributed by atoms with Gasteiger partial charge in [0.15, 0.2) is 0 Å². The van der Waals surface area contributed by atoms with Gasteiger partial charge in [-0.3, -0.25) is 4.79 Å². The lowest BCUT2D eigenvalue weighted by Crippen LogP contribution is -2.38. The monoisotopic (exact) mass is 174 g/mol. The fraction of sp³-hybridized carbons (Fsp3) is 0.875. The van der Waals surface area contributed by atoms with Gasteiger partial charge >= 0.3 is 0 Å². The quantitative estimate of drug-likeness (QED) is 0.529. The standard InChI is InChI=1S/C8H18N2O2/c1-5(2)3-6(9)7(11)4-8(10)12/h5-7,11H,3-4,9H2,1-2H3,(H2,10,12)/t6-,7+/m0/s1. The summed E-state index contributed by atoms with van der Waals surface area (Å²) in [5, 5.41) is 9.31. The molecule has 0 aromatic heterocycles. The molecule has 12 heavy (non-hydrogen) atoms. The van der Waals surface area contributed by atoms with E-state index in [-0.39, 0.29) is 12.5 Å². The Bertz CT molecular complexity index is 148. The Morgan fingerprint density at radius 1 is 1.50 bits per heavy atom. The van der Waals surface area contributed by atoms with Crippen molar-refractivity contribution >= 4 is 5.91 Å². The average molecular weight is 174 g/mol. The highest BCUT2D eigenvalue weighted by molar-refractivity contribution is 5.74. The zero-order chi connectivity index (χ0) is 9.72. The van der Waals surface area contributed by atoms with Gasteiger partial charge in [0.2, 0.25) is 5.91 Å². The van der Waals surface area contributed by atoms with E-state index in [1.807, 2.05) is 13.8 Å². The Morgan fingerprint density at radius 2 is 2.00 bits per heavy atom. The van der Waals surface area contributed by atoms with Gasteiger partial charge in [0.25, 0.3) is 0 Å². The minimum atomic E-state index is -0.801. The van der Waals surface area contributed by atoms with E-state index < -0.39 is 12.0 Å². The molecule has 0 aromatic carbocycles. The molecule has 0 aromatic rings. The maximum atomic E-state index is 10.4. The highest BCUT2D eigenvalue weighted by Crippen LogP contribution is 2.07. The summed E-state index contributed by atoms with van der Waals surface area (Å²) in [5.74, 6) is -0.0933. The van der Waals surface area contributed by atoms with Crippen molar-refractivity contribution in [1.82, 2.24) is 0 Å². The van der Waals surface area contributed by atoms with E-state index in [9.17, 15) is 9.90 Å². The average Bonchev–Trinajstić information content (AvgIpc) is 1.84. The van der Waals surface area contributed by atoms with Gasteiger partial charge in [-0.05, 0) is 12.3 Å². The molecule has 4 nitrogen and oxygen atoms in total. The summed E-state index contributed by atoms with van der Waals surface area (Å²) in [6.07, 6.45) is -0.146. The van der Waals surface area contributed by atoms with Crippen LogP contribution in [0.3, 0.4) is 0 Å². The highest BCUT2D eigenvalue weighted by Gasteiger charge is 2.17. The van der Waals surface area contributed by atoms with Gasteiger partial charge in [-0.2, -0.15) is 0 Å². The van der Waals surface area contributed by atoms with Crippen molar-refractivity contribution in [3.63, 3.8) is 0 Å². The number of carbonyl (C=O) groups excluding carboxylic acids is 1. The van der Waals surface area contributed by atoms with Gasteiger partial charge in [0.1, 0.15) is 0 Å². The Balaban J connectivity index is 3.76. The van der Waals surface area contributed by atoms with Crippen LogP contribution in [0.1, 0.15) is 26.7 Å². The van der Waals surface area contributed by atoms with E-state index in [0.29, 0.717) is 12.3 Å². The SMILES string of the molecule is CC(C)C[C@H](N)[C@H](O)CC(N)=O. The Hall–Kier alpha value is -0.610. The van der Waals surface area contributed by atoms with Crippen LogP contribution in [0.25, 0.3) is 0 Å². The van der Waals surface area contributed by atoms with Gasteiger partial charge in [-0.25, -0.2) is 0 Å². The molecule has 1 amide bonds. The lowest BCUT2D eigenvalue weighted by molar-refractivity contribution is -0.120. The molecule has 2 atom stereocenters. The van der Waals surface area contributed by atoms with Gasteiger partial charge < -0.3 is 16.6 Å². The molecule has 0 spiro atoms. The molecule has 0 aliphatic carbocycles. The van der Waals surface area contributed by atoms with Crippen LogP contribution in [0, 0.1) is 5.92 Å². The van der Waals surface area contributed by atoms with E-state index >= 15 is 0 Å². The second-order valence-corrected chi connectivity index (χ2v) is 3.53. The maximum absolute atomic E-state index is 10.4. The van der Waals surface area contributed by atoms with Crippen molar-refractivity contribution in [2.45, 2.75) is 38.8 Å². The summed E-state index contributed by atoms with van der Waals surface area (Å²) >= 11 is 0. The van der Waals surface area contributed by atoms with Crippen molar-refractivity contribution < 1.29 is 9.90 Å². The summed E-state index contributed by atoms with van der Waals surface area (Å²) < 4.78 is 0. The Morgan fingerprint density at radius 3 is 2.33 bits per heavy atom. The third kappa shape index (κ3) is 5.09. The third-order valence-corrected chi connectivity index (χ3v) is 1.65. The largest absolute Gasteiger partial charge is 0.391 e. The molecule has 0 aliphatic rings. The maximum Gasteiger partial charge on any atom is 0.220 e. The molecule has 0 aliphatic heterocycles. The second-order valence-electron chi connectivity index (χ2n) is 3.53. The van der Waals surface area contributed by atoms with Gasteiger partial charge in [-0.15, -0.1) is 0 Å². The first-order chi connectivity index (χ1) is 5.43. The van der Waals surface area contributed by atoms with Crippen LogP contribution in [0.2, 0.25) is 0 Å². The normalized spacial score (nSPS) is 16.1. The molecule has 72 valence electrons. The number of hydrogen-bond donors (Lipinski definition) is 3. The fourth-order valence-electron chi connectivity index (χ4n) is 1.06. The first-order valence-electron chi connectivity index (χ1n) is 4.15. The van der Waals surface area contributed by atoms with Crippen LogP contribution in [0.5, 0.6) is 0 Å². The number of carbonyl (C=O) groups is 1. The summed E-state index contributed by atoms with van der Waals surface area (Å²) in [7, 11) is 0. The highest BCUT2D eigenvalue weighted by atomic mass is 16.3. The topological polar surface area (TPSA) is 89.3 Å². The molecule has 0 fully saturated rings. The fourth-order valence-corrected chi connectivity index (χ4v) is 1.06. The summed E-state index contributed by atoms with van der Waals surface area (Å²) in [6.45, 7) is 4.02. The molecule has 4 heteroatoms. The Labute approximate surface area is 72.9 Å². The molecular weight excluding hydrogens is 156 g/mol. The lowest BCUT2D eigenvalue weighted by Gasteiger charge is -2.18. The van der Waals surface area contributed by atoms with Crippen molar-refractivity contribution in [2.75, 3.05) is 0 Å². The van der Waals surface area contributed by atoms with Crippen molar-refractivity contribution in [2.24, 2.45) is 17.4 Å². The second kappa shape index (κ2) is 5.11. The van der Waals surface area contributed by atoms with Crippen molar-refractivity contribution in [3.8, 4) is 0 Å². The zero-order valence-electron chi connectivity index (χ0n) is 7.66. The number of rotatable bonds is 5. The minimum absolute atomic E-state index is 0.0477.